The van der Waals surface area contributed by atoms with Crippen molar-refractivity contribution in [1.29, 1.82) is 0 Å². The number of esters is 1. The van der Waals surface area contributed by atoms with E-state index in [0.29, 0.717) is 0 Å². The van der Waals surface area contributed by atoms with Gasteiger partial charge in [-0.3, -0.25) is 4.79 Å². The summed E-state index contributed by atoms with van der Waals surface area (Å²) in [5, 5.41) is 0. The number of hydrogen-bond donors (Lipinski definition) is 0. The number of carbonyl (C=O) groups is 3. The van der Waals surface area contributed by atoms with Crippen LogP contribution in [0.3, 0.4) is 0 Å². The molecule has 19 heavy (non-hydrogen) atoms. The Morgan fingerprint density at radius 2 is 1.68 bits per heavy atom. The van der Waals surface area contributed by atoms with E-state index >= 15 is 0 Å². The molecule has 110 valence electrons. The molecule has 0 fully saturated rings. The first kappa shape index (κ1) is 17.4. The summed E-state index contributed by atoms with van der Waals surface area (Å²) in [5.74, 6) is -1.11. The van der Waals surface area contributed by atoms with E-state index in [1.807, 2.05) is 0 Å². The molecule has 2 amide bonds. The third-order valence-corrected chi connectivity index (χ3v) is 2.18. The van der Waals surface area contributed by atoms with E-state index in [1.165, 1.54) is 6.92 Å². The lowest BCUT2D eigenvalue weighted by atomic mass is 10.2. The van der Waals surface area contributed by atoms with Crippen LogP contribution in [0.15, 0.2) is 0 Å². The van der Waals surface area contributed by atoms with Crippen molar-refractivity contribution < 1.29 is 23.9 Å². The van der Waals surface area contributed by atoms with Crippen LogP contribution in [0, 0.1) is 0 Å². The third kappa shape index (κ3) is 5.72. The molecule has 1 unspecified atom stereocenters. The van der Waals surface area contributed by atoms with Gasteiger partial charge in [0.1, 0.15) is 11.6 Å². The zero-order chi connectivity index (χ0) is 15.2. The van der Waals surface area contributed by atoms with Gasteiger partial charge in [-0.2, -0.15) is 0 Å². The molecule has 0 N–H and O–H groups in total. The van der Waals surface area contributed by atoms with Gasteiger partial charge in [-0.15, -0.1) is 0 Å². The predicted molar refractivity (Wildman–Crippen MR) is 69.5 cm³/mol. The van der Waals surface area contributed by atoms with Crippen LogP contribution in [0.2, 0.25) is 0 Å². The summed E-state index contributed by atoms with van der Waals surface area (Å²) >= 11 is 0. The SMILES string of the molecule is CCOC(=O)C(C)N(C(=O)CC)C(=O)OC(C)(C)C. The molecule has 0 radical (unpaired) electrons. The number of rotatable bonds is 4. The van der Waals surface area contributed by atoms with E-state index in [-0.39, 0.29) is 13.0 Å². The monoisotopic (exact) mass is 273 g/mol. The molecule has 0 saturated carbocycles. The first-order valence-corrected chi connectivity index (χ1v) is 6.35. The lowest BCUT2D eigenvalue weighted by molar-refractivity contribution is -0.153. The van der Waals surface area contributed by atoms with Crippen molar-refractivity contribution in [2.45, 2.75) is 59.6 Å². The van der Waals surface area contributed by atoms with Crippen LogP contribution in [0.5, 0.6) is 0 Å². The quantitative estimate of drug-likeness (QED) is 0.733. The first-order chi connectivity index (χ1) is 8.64. The fraction of sp³-hybridized carbons (Fsp3) is 0.769. The summed E-state index contributed by atoms with van der Waals surface area (Å²) in [7, 11) is 0. The summed E-state index contributed by atoms with van der Waals surface area (Å²) in [6.07, 6.45) is -0.733. The van der Waals surface area contributed by atoms with Crippen molar-refractivity contribution in [3.05, 3.63) is 0 Å². The molecule has 0 aromatic rings. The zero-order valence-electron chi connectivity index (χ0n) is 12.5. The Kier molecular flexibility index (Phi) is 6.52. The summed E-state index contributed by atoms with van der Waals surface area (Å²) < 4.78 is 9.95. The van der Waals surface area contributed by atoms with Crippen LogP contribution < -0.4 is 0 Å². The van der Waals surface area contributed by atoms with Gasteiger partial charge < -0.3 is 9.47 Å². The number of hydrogen-bond acceptors (Lipinski definition) is 5. The Labute approximate surface area is 114 Å². The van der Waals surface area contributed by atoms with Crippen molar-refractivity contribution >= 4 is 18.0 Å². The van der Waals surface area contributed by atoms with Gasteiger partial charge in [0.05, 0.1) is 6.61 Å². The van der Waals surface area contributed by atoms with E-state index in [0.717, 1.165) is 4.90 Å². The molecule has 1 atom stereocenters. The highest BCUT2D eigenvalue weighted by atomic mass is 16.6. The molecule has 6 nitrogen and oxygen atoms in total. The van der Waals surface area contributed by atoms with Crippen molar-refractivity contribution in [1.82, 2.24) is 4.90 Å². The van der Waals surface area contributed by atoms with E-state index in [2.05, 4.69) is 0 Å². The standard InChI is InChI=1S/C13H23NO5/c1-7-10(15)14(9(3)11(16)18-8-2)12(17)19-13(4,5)6/h9H,7-8H2,1-6H3. The van der Waals surface area contributed by atoms with E-state index < -0.39 is 29.6 Å². The molecular formula is C13H23NO5. The maximum Gasteiger partial charge on any atom is 0.417 e. The maximum atomic E-state index is 12.0. The van der Waals surface area contributed by atoms with E-state index in [1.54, 1.807) is 34.6 Å². The van der Waals surface area contributed by atoms with Crippen LogP contribution >= 0.6 is 0 Å². The van der Waals surface area contributed by atoms with Crippen LogP contribution in [-0.4, -0.2) is 41.1 Å². The average Bonchev–Trinajstić information content (AvgIpc) is 2.26. The minimum absolute atomic E-state index is 0.100. The Hall–Kier alpha value is -1.59. The van der Waals surface area contributed by atoms with Crippen molar-refractivity contribution in [3.8, 4) is 0 Å². The Bertz CT molecular complexity index is 345. The van der Waals surface area contributed by atoms with E-state index in [4.69, 9.17) is 9.47 Å². The summed E-state index contributed by atoms with van der Waals surface area (Å²) in [6, 6.07) is -0.998. The van der Waals surface area contributed by atoms with E-state index in [9.17, 15) is 14.4 Å². The van der Waals surface area contributed by atoms with Gasteiger partial charge in [-0.1, -0.05) is 6.92 Å². The van der Waals surface area contributed by atoms with Crippen LogP contribution in [0.1, 0.15) is 48.0 Å². The summed E-state index contributed by atoms with van der Waals surface area (Å²) in [5.41, 5.74) is -0.738. The zero-order valence-corrected chi connectivity index (χ0v) is 12.5. The molecule has 0 aliphatic carbocycles. The topological polar surface area (TPSA) is 72.9 Å². The first-order valence-electron chi connectivity index (χ1n) is 6.35. The molecule has 0 spiro atoms. The van der Waals surface area contributed by atoms with Gasteiger partial charge in [0.25, 0.3) is 0 Å². The lowest BCUT2D eigenvalue weighted by Gasteiger charge is -2.28. The Balaban J connectivity index is 5.06. The highest BCUT2D eigenvalue weighted by molar-refractivity contribution is 5.96. The molecule has 6 heteroatoms. The smallest absolute Gasteiger partial charge is 0.417 e. The third-order valence-electron chi connectivity index (χ3n) is 2.18. The number of carbonyl (C=O) groups excluding carboxylic acids is 3. The predicted octanol–water partition coefficient (Wildman–Crippen LogP) is 2.11. The van der Waals surface area contributed by atoms with Gasteiger partial charge in [-0.05, 0) is 34.6 Å². The lowest BCUT2D eigenvalue weighted by Crippen LogP contribution is -2.49. The molecule has 0 heterocycles. The van der Waals surface area contributed by atoms with Gasteiger partial charge in [0.15, 0.2) is 0 Å². The van der Waals surface area contributed by atoms with Crippen molar-refractivity contribution in [3.63, 3.8) is 0 Å². The highest BCUT2D eigenvalue weighted by Crippen LogP contribution is 2.14. The van der Waals surface area contributed by atoms with Gasteiger partial charge in [0, 0.05) is 6.42 Å². The average molecular weight is 273 g/mol. The maximum absolute atomic E-state index is 12.0. The Morgan fingerprint density at radius 3 is 2.05 bits per heavy atom. The number of imide groups is 1. The van der Waals surface area contributed by atoms with Gasteiger partial charge in [-0.25, -0.2) is 14.5 Å². The Morgan fingerprint density at radius 1 is 1.16 bits per heavy atom. The fourth-order valence-corrected chi connectivity index (χ4v) is 1.33. The molecular weight excluding hydrogens is 250 g/mol. The molecule has 0 bridgehead atoms. The fourth-order valence-electron chi connectivity index (χ4n) is 1.33. The second-order valence-electron chi connectivity index (χ2n) is 5.03. The minimum atomic E-state index is -0.998. The number of ether oxygens (including phenoxy) is 2. The van der Waals surface area contributed by atoms with Crippen LogP contribution in [0.4, 0.5) is 4.79 Å². The van der Waals surface area contributed by atoms with Crippen LogP contribution in [-0.2, 0) is 19.1 Å². The summed E-state index contributed by atoms with van der Waals surface area (Å²) in [6.45, 7) is 9.96. The van der Waals surface area contributed by atoms with Crippen molar-refractivity contribution in [2.75, 3.05) is 6.61 Å². The normalized spacial score (nSPS) is 12.5. The molecule has 0 rings (SSSR count). The number of amides is 2. The second kappa shape index (κ2) is 7.11. The molecule has 0 aromatic heterocycles. The van der Waals surface area contributed by atoms with Crippen LogP contribution in [0.25, 0.3) is 0 Å². The molecule has 0 saturated heterocycles. The largest absolute Gasteiger partial charge is 0.464 e. The molecule has 0 aliphatic heterocycles. The van der Waals surface area contributed by atoms with Crippen molar-refractivity contribution in [2.24, 2.45) is 0 Å². The second-order valence-corrected chi connectivity index (χ2v) is 5.03. The number of nitrogens with zero attached hydrogens (tertiary/aromatic N) is 1. The molecule has 0 aliphatic rings. The minimum Gasteiger partial charge on any atom is -0.464 e. The summed E-state index contributed by atoms with van der Waals surface area (Å²) in [4.78, 5) is 36.3. The van der Waals surface area contributed by atoms with Gasteiger partial charge in [0.2, 0.25) is 5.91 Å². The van der Waals surface area contributed by atoms with Gasteiger partial charge >= 0.3 is 12.1 Å². The highest BCUT2D eigenvalue weighted by Gasteiger charge is 2.34. The molecule has 0 aromatic carbocycles.